The van der Waals surface area contributed by atoms with Gasteiger partial charge in [0.15, 0.2) is 0 Å². The topological polar surface area (TPSA) is 89.9 Å². The molecule has 1 aromatic heterocycles. The molecule has 1 amide bonds. The van der Waals surface area contributed by atoms with Crippen LogP contribution in [0.4, 0.5) is 5.95 Å². The lowest BCUT2D eigenvalue weighted by atomic mass is 9.82. The van der Waals surface area contributed by atoms with Gasteiger partial charge in [0.25, 0.3) is 0 Å². The number of piperidine rings is 1. The minimum atomic E-state index is -0.822. The van der Waals surface area contributed by atoms with Gasteiger partial charge in [-0.05, 0) is 25.8 Å². The number of aliphatic carboxylic acids is 1. The van der Waals surface area contributed by atoms with E-state index in [1.54, 1.807) is 30.3 Å². The fourth-order valence-electron chi connectivity index (χ4n) is 3.48. The number of carbonyl (C=O) groups is 2. The highest BCUT2D eigenvalue weighted by Gasteiger charge is 2.39. The first-order chi connectivity index (χ1) is 12.0. The molecule has 3 heterocycles. The third-order valence-electron chi connectivity index (χ3n) is 5.13. The van der Waals surface area contributed by atoms with E-state index in [2.05, 4.69) is 19.8 Å². The summed E-state index contributed by atoms with van der Waals surface area (Å²) in [5, 5.41) is 9.39. The van der Waals surface area contributed by atoms with Gasteiger partial charge in [-0.15, -0.1) is 0 Å². The van der Waals surface area contributed by atoms with Gasteiger partial charge in [-0.2, -0.15) is 0 Å². The summed E-state index contributed by atoms with van der Waals surface area (Å²) in [4.78, 5) is 38.5. The van der Waals surface area contributed by atoms with E-state index in [9.17, 15) is 14.7 Å². The van der Waals surface area contributed by atoms with Crippen molar-refractivity contribution in [1.82, 2.24) is 19.8 Å². The molecule has 3 rings (SSSR count). The van der Waals surface area contributed by atoms with Crippen molar-refractivity contribution < 1.29 is 14.7 Å². The van der Waals surface area contributed by atoms with Gasteiger partial charge < -0.3 is 14.9 Å². The summed E-state index contributed by atoms with van der Waals surface area (Å²) >= 11 is 0. The maximum Gasteiger partial charge on any atom is 0.311 e. The molecule has 1 N–H and O–H groups in total. The SMILES string of the molecule is C[C@@]1(C(=O)O)CCCN(C(=O)CN2CCN(c3ncccn3)CC2)C1. The number of amides is 1. The van der Waals surface area contributed by atoms with Crippen molar-refractivity contribution in [1.29, 1.82) is 0 Å². The summed E-state index contributed by atoms with van der Waals surface area (Å²) in [6.07, 6.45) is 4.83. The van der Waals surface area contributed by atoms with Gasteiger partial charge in [0.05, 0.1) is 12.0 Å². The molecule has 2 saturated heterocycles. The molecule has 0 bridgehead atoms. The van der Waals surface area contributed by atoms with Crippen molar-refractivity contribution in [2.24, 2.45) is 5.41 Å². The molecule has 0 aliphatic carbocycles. The molecule has 25 heavy (non-hydrogen) atoms. The van der Waals surface area contributed by atoms with Gasteiger partial charge in [0.1, 0.15) is 0 Å². The highest BCUT2D eigenvalue weighted by atomic mass is 16.4. The summed E-state index contributed by atoms with van der Waals surface area (Å²) in [5.41, 5.74) is -0.822. The average Bonchev–Trinajstić information content (AvgIpc) is 2.63. The van der Waals surface area contributed by atoms with Crippen LogP contribution < -0.4 is 4.90 Å². The van der Waals surface area contributed by atoms with Gasteiger partial charge in [-0.1, -0.05) is 0 Å². The number of rotatable bonds is 4. The molecular formula is C17H25N5O3. The van der Waals surface area contributed by atoms with Crippen LogP contribution in [0.1, 0.15) is 19.8 Å². The number of hydrogen-bond donors (Lipinski definition) is 1. The van der Waals surface area contributed by atoms with Crippen LogP contribution in [-0.2, 0) is 9.59 Å². The molecule has 2 aliphatic rings. The summed E-state index contributed by atoms with van der Waals surface area (Å²) in [6, 6.07) is 1.79. The zero-order valence-electron chi connectivity index (χ0n) is 14.6. The van der Waals surface area contributed by atoms with Gasteiger partial charge in [0, 0.05) is 51.7 Å². The van der Waals surface area contributed by atoms with Gasteiger partial charge >= 0.3 is 5.97 Å². The summed E-state index contributed by atoms with van der Waals surface area (Å²) < 4.78 is 0. The fourth-order valence-corrected chi connectivity index (χ4v) is 3.48. The zero-order chi connectivity index (χ0) is 17.9. The lowest BCUT2D eigenvalue weighted by Crippen LogP contribution is -2.53. The van der Waals surface area contributed by atoms with E-state index in [4.69, 9.17) is 0 Å². The number of carboxylic acids is 1. The van der Waals surface area contributed by atoms with Gasteiger partial charge in [-0.3, -0.25) is 14.5 Å². The number of likely N-dealkylation sites (tertiary alicyclic amines) is 1. The lowest BCUT2D eigenvalue weighted by molar-refractivity contribution is -0.153. The molecule has 8 heteroatoms. The minimum Gasteiger partial charge on any atom is -0.481 e. The number of nitrogens with zero attached hydrogens (tertiary/aromatic N) is 5. The predicted octanol–water partition coefficient (Wildman–Crippen LogP) is 0.312. The van der Waals surface area contributed by atoms with Crippen LogP contribution in [-0.4, -0.2) is 82.6 Å². The number of anilines is 1. The van der Waals surface area contributed by atoms with E-state index in [1.165, 1.54) is 0 Å². The number of hydrogen-bond acceptors (Lipinski definition) is 6. The number of piperazine rings is 1. The van der Waals surface area contributed by atoms with E-state index in [-0.39, 0.29) is 5.91 Å². The van der Waals surface area contributed by atoms with E-state index in [0.717, 1.165) is 38.5 Å². The molecule has 0 aromatic carbocycles. The Morgan fingerprint density at radius 3 is 2.48 bits per heavy atom. The quantitative estimate of drug-likeness (QED) is 0.838. The van der Waals surface area contributed by atoms with Crippen molar-refractivity contribution in [2.45, 2.75) is 19.8 Å². The Morgan fingerprint density at radius 2 is 1.84 bits per heavy atom. The Balaban J connectivity index is 1.50. The standard InChI is InChI=1S/C17H25N5O3/c1-17(15(24)25)4-2-7-22(13-17)14(23)12-20-8-10-21(11-9-20)16-18-5-3-6-19-16/h3,5-6H,2,4,7-13H2,1H3,(H,24,25)/t17-/m1/s1. The summed E-state index contributed by atoms with van der Waals surface area (Å²) in [6.45, 7) is 6.14. The Morgan fingerprint density at radius 1 is 1.16 bits per heavy atom. The van der Waals surface area contributed by atoms with Crippen LogP contribution in [0.15, 0.2) is 18.5 Å². The molecule has 0 spiro atoms. The molecule has 0 saturated carbocycles. The minimum absolute atomic E-state index is 0.0246. The van der Waals surface area contributed by atoms with E-state index in [0.29, 0.717) is 26.1 Å². The largest absolute Gasteiger partial charge is 0.481 e. The monoisotopic (exact) mass is 347 g/mol. The highest BCUT2D eigenvalue weighted by Crippen LogP contribution is 2.29. The summed E-state index contributed by atoms with van der Waals surface area (Å²) in [7, 11) is 0. The first kappa shape index (κ1) is 17.6. The maximum atomic E-state index is 12.6. The van der Waals surface area contributed by atoms with Crippen molar-refractivity contribution in [2.75, 3.05) is 50.7 Å². The second kappa shape index (κ2) is 7.35. The maximum absolute atomic E-state index is 12.6. The molecule has 1 aromatic rings. The highest BCUT2D eigenvalue weighted by molar-refractivity contribution is 5.80. The smallest absolute Gasteiger partial charge is 0.311 e. The third kappa shape index (κ3) is 4.07. The third-order valence-corrected chi connectivity index (χ3v) is 5.13. The Kier molecular flexibility index (Phi) is 5.17. The fraction of sp³-hybridized carbons (Fsp3) is 0.647. The first-order valence-corrected chi connectivity index (χ1v) is 8.73. The van der Waals surface area contributed by atoms with Crippen molar-refractivity contribution >= 4 is 17.8 Å². The summed E-state index contributed by atoms with van der Waals surface area (Å²) in [5.74, 6) is -0.0696. The zero-order valence-corrected chi connectivity index (χ0v) is 14.6. The molecular weight excluding hydrogens is 322 g/mol. The first-order valence-electron chi connectivity index (χ1n) is 8.73. The van der Waals surface area contributed by atoms with E-state index in [1.807, 2.05) is 0 Å². The van der Waals surface area contributed by atoms with E-state index < -0.39 is 11.4 Å². The van der Waals surface area contributed by atoms with E-state index >= 15 is 0 Å². The normalized spacial score (nSPS) is 25.0. The molecule has 0 unspecified atom stereocenters. The van der Waals surface area contributed by atoms with Crippen LogP contribution in [0, 0.1) is 5.41 Å². The van der Waals surface area contributed by atoms with Crippen molar-refractivity contribution in [3.8, 4) is 0 Å². The Bertz CT molecular complexity index is 618. The Labute approximate surface area is 147 Å². The number of carbonyl (C=O) groups excluding carboxylic acids is 1. The molecule has 2 aliphatic heterocycles. The molecule has 2 fully saturated rings. The van der Waals surface area contributed by atoms with Crippen LogP contribution >= 0.6 is 0 Å². The molecule has 8 nitrogen and oxygen atoms in total. The van der Waals surface area contributed by atoms with Crippen molar-refractivity contribution in [3.05, 3.63) is 18.5 Å². The van der Waals surface area contributed by atoms with Crippen LogP contribution in [0.3, 0.4) is 0 Å². The second-order valence-electron chi connectivity index (χ2n) is 7.10. The number of aromatic nitrogens is 2. The molecule has 1 atom stereocenters. The second-order valence-corrected chi connectivity index (χ2v) is 7.10. The molecule has 0 radical (unpaired) electrons. The lowest BCUT2D eigenvalue weighted by Gasteiger charge is -2.39. The van der Waals surface area contributed by atoms with Gasteiger partial charge in [-0.25, -0.2) is 9.97 Å². The predicted molar refractivity (Wildman–Crippen MR) is 92.2 cm³/mol. The Hall–Kier alpha value is -2.22. The van der Waals surface area contributed by atoms with Crippen molar-refractivity contribution in [3.63, 3.8) is 0 Å². The average molecular weight is 347 g/mol. The van der Waals surface area contributed by atoms with Crippen LogP contribution in [0.25, 0.3) is 0 Å². The van der Waals surface area contributed by atoms with Crippen LogP contribution in [0.2, 0.25) is 0 Å². The van der Waals surface area contributed by atoms with Gasteiger partial charge in [0.2, 0.25) is 11.9 Å². The number of carboxylic acid groups (broad SMARTS) is 1. The molecule has 136 valence electrons. The van der Waals surface area contributed by atoms with Crippen LogP contribution in [0.5, 0.6) is 0 Å².